The maximum Gasteiger partial charge on any atom is 0.246 e. The molecule has 18 heavy (non-hydrogen) atoms. The van der Waals surface area contributed by atoms with Gasteiger partial charge in [-0.3, -0.25) is 9.59 Å². The second kappa shape index (κ2) is 6.37. The van der Waals surface area contributed by atoms with Crippen LogP contribution in [0, 0.1) is 11.3 Å². The molecule has 1 aromatic carbocycles. The third-order valence-corrected chi connectivity index (χ3v) is 2.38. The number of anilines is 1. The molecule has 0 aromatic heterocycles. The number of carbonyl (C=O) groups is 2. The summed E-state index contributed by atoms with van der Waals surface area (Å²) in [5, 5.41) is 11.1. The number of nitrogens with two attached hydrogens (primary N) is 1. The molecule has 0 spiro atoms. The van der Waals surface area contributed by atoms with Crippen molar-refractivity contribution in [3.63, 3.8) is 0 Å². The molecule has 6 heteroatoms. The molecule has 1 rings (SSSR count). The molecule has 0 bridgehead atoms. The van der Waals surface area contributed by atoms with E-state index in [1.54, 1.807) is 31.3 Å². The Morgan fingerprint density at radius 3 is 2.50 bits per heavy atom. The number of likely N-dealkylation sites (N-methyl/N-ethyl adjacent to an activating group) is 1. The molecule has 6 nitrogen and oxygen atoms in total. The van der Waals surface area contributed by atoms with Crippen LogP contribution in [0.15, 0.2) is 24.3 Å². The van der Waals surface area contributed by atoms with Gasteiger partial charge < -0.3 is 16.0 Å². The minimum atomic E-state index is -0.378. The van der Waals surface area contributed by atoms with Crippen LogP contribution in [0.25, 0.3) is 0 Å². The Bertz CT molecular complexity index is 476. The normalized spacial score (nSPS) is 9.39. The van der Waals surface area contributed by atoms with E-state index in [1.807, 2.05) is 6.07 Å². The first-order valence-corrected chi connectivity index (χ1v) is 5.32. The van der Waals surface area contributed by atoms with Crippen LogP contribution < -0.4 is 16.0 Å². The van der Waals surface area contributed by atoms with Crippen molar-refractivity contribution in [1.82, 2.24) is 5.32 Å². The number of nitrogens with zero attached hydrogens (tertiary/aromatic N) is 2. The predicted octanol–water partition coefficient (Wildman–Crippen LogP) is -0.404. The smallest absolute Gasteiger partial charge is 0.246 e. The van der Waals surface area contributed by atoms with Gasteiger partial charge in [0.15, 0.2) is 0 Å². The van der Waals surface area contributed by atoms with Crippen LogP contribution in [0.5, 0.6) is 0 Å². The molecule has 0 heterocycles. The lowest BCUT2D eigenvalue weighted by Crippen LogP contribution is -2.40. The highest BCUT2D eigenvalue weighted by Gasteiger charge is 2.11. The van der Waals surface area contributed by atoms with Gasteiger partial charge in [-0.15, -0.1) is 0 Å². The van der Waals surface area contributed by atoms with Gasteiger partial charge in [-0.2, -0.15) is 5.26 Å². The zero-order chi connectivity index (χ0) is 13.5. The fourth-order valence-electron chi connectivity index (χ4n) is 1.27. The molecule has 0 atom stereocenters. The fraction of sp³-hybridized carbons (Fsp3) is 0.250. The summed E-state index contributed by atoms with van der Waals surface area (Å²) in [6, 6.07) is 8.58. The van der Waals surface area contributed by atoms with Crippen LogP contribution >= 0.6 is 0 Å². The Morgan fingerprint density at radius 1 is 1.39 bits per heavy atom. The lowest BCUT2D eigenvalue weighted by atomic mass is 10.2. The molecule has 0 saturated carbocycles. The first-order valence-electron chi connectivity index (χ1n) is 5.32. The van der Waals surface area contributed by atoms with Crippen molar-refractivity contribution in [1.29, 1.82) is 5.26 Å². The van der Waals surface area contributed by atoms with Crippen molar-refractivity contribution in [3.05, 3.63) is 29.8 Å². The highest BCUT2D eigenvalue weighted by molar-refractivity contribution is 5.96. The molecule has 0 aliphatic heterocycles. The first-order chi connectivity index (χ1) is 8.58. The zero-order valence-electron chi connectivity index (χ0n) is 10.0. The summed E-state index contributed by atoms with van der Waals surface area (Å²) in [6.45, 7) is -0.250. The maximum atomic E-state index is 11.7. The van der Waals surface area contributed by atoms with E-state index in [4.69, 9.17) is 11.0 Å². The van der Waals surface area contributed by atoms with Gasteiger partial charge in [-0.05, 0) is 24.3 Å². The first kappa shape index (κ1) is 13.7. The van der Waals surface area contributed by atoms with Gasteiger partial charge in [0.2, 0.25) is 11.8 Å². The molecule has 0 aliphatic rings. The number of hydrogen-bond acceptors (Lipinski definition) is 4. The van der Waals surface area contributed by atoms with Crippen molar-refractivity contribution in [2.75, 3.05) is 25.0 Å². The van der Waals surface area contributed by atoms with E-state index in [-0.39, 0.29) is 24.9 Å². The standard InChI is InChI=1S/C12H14N4O2/c1-16(12(18)8-15-11(17)7-14)10-4-2-9(6-13)3-5-10/h2-5H,7-8,14H2,1H3,(H,15,17). The number of amides is 2. The summed E-state index contributed by atoms with van der Waals surface area (Å²) in [4.78, 5) is 24.0. The number of nitrogens with one attached hydrogen (secondary N) is 1. The lowest BCUT2D eigenvalue weighted by molar-refractivity contribution is -0.124. The third-order valence-electron chi connectivity index (χ3n) is 2.38. The highest BCUT2D eigenvalue weighted by Crippen LogP contribution is 2.13. The van der Waals surface area contributed by atoms with E-state index in [0.29, 0.717) is 11.3 Å². The van der Waals surface area contributed by atoms with Crippen LogP contribution in [0.4, 0.5) is 5.69 Å². The molecular weight excluding hydrogens is 232 g/mol. The van der Waals surface area contributed by atoms with E-state index in [9.17, 15) is 9.59 Å². The van der Waals surface area contributed by atoms with Crippen LogP contribution in [0.2, 0.25) is 0 Å². The lowest BCUT2D eigenvalue weighted by Gasteiger charge is -2.17. The molecular formula is C12H14N4O2. The third kappa shape index (κ3) is 3.57. The Balaban J connectivity index is 2.62. The molecule has 2 amide bonds. The maximum absolute atomic E-state index is 11.7. The summed E-state index contributed by atoms with van der Waals surface area (Å²) >= 11 is 0. The van der Waals surface area contributed by atoms with Crippen molar-refractivity contribution in [2.24, 2.45) is 5.73 Å². The van der Waals surface area contributed by atoms with Gasteiger partial charge in [0.05, 0.1) is 24.7 Å². The van der Waals surface area contributed by atoms with Crippen molar-refractivity contribution < 1.29 is 9.59 Å². The van der Waals surface area contributed by atoms with E-state index in [2.05, 4.69) is 5.32 Å². The molecule has 94 valence electrons. The SMILES string of the molecule is CN(C(=O)CNC(=O)CN)c1ccc(C#N)cc1. The number of nitriles is 1. The highest BCUT2D eigenvalue weighted by atomic mass is 16.2. The number of benzene rings is 1. The van der Waals surface area contributed by atoms with Crippen LogP contribution in [0.1, 0.15) is 5.56 Å². The molecule has 0 unspecified atom stereocenters. The van der Waals surface area contributed by atoms with Gasteiger partial charge in [0.1, 0.15) is 0 Å². The molecule has 0 fully saturated rings. The number of hydrogen-bond donors (Lipinski definition) is 2. The average molecular weight is 246 g/mol. The topological polar surface area (TPSA) is 99.2 Å². The second-order valence-electron chi connectivity index (χ2n) is 3.59. The van der Waals surface area contributed by atoms with Crippen LogP contribution in [-0.2, 0) is 9.59 Å². The van der Waals surface area contributed by atoms with Crippen molar-refractivity contribution >= 4 is 17.5 Å². The van der Waals surface area contributed by atoms with Gasteiger partial charge in [0, 0.05) is 12.7 Å². The minimum Gasteiger partial charge on any atom is -0.346 e. The predicted molar refractivity (Wildman–Crippen MR) is 66.6 cm³/mol. The number of carbonyl (C=O) groups excluding carboxylic acids is 2. The Labute approximate surface area is 105 Å². The quantitative estimate of drug-likeness (QED) is 0.754. The van der Waals surface area contributed by atoms with Gasteiger partial charge in [-0.1, -0.05) is 0 Å². The summed E-state index contributed by atoms with van der Waals surface area (Å²) in [6.07, 6.45) is 0. The van der Waals surface area contributed by atoms with Gasteiger partial charge >= 0.3 is 0 Å². The largest absolute Gasteiger partial charge is 0.346 e. The zero-order valence-corrected chi connectivity index (χ0v) is 10.0. The van der Waals surface area contributed by atoms with Crippen molar-refractivity contribution in [2.45, 2.75) is 0 Å². The van der Waals surface area contributed by atoms with Crippen LogP contribution in [0.3, 0.4) is 0 Å². The monoisotopic (exact) mass is 246 g/mol. The van der Waals surface area contributed by atoms with Crippen molar-refractivity contribution in [3.8, 4) is 6.07 Å². The molecule has 0 radical (unpaired) electrons. The molecule has 0 aliphatic carbocycles. The van der Waals surface area contributed by atoms with E-state index < -0.39 is 0 Å². The van der Waals surface area contributed by atoms with Gasteiger partial charge in [-0.25, -0.2) is 0 Å². The Hall–Kier alpha value is -2.39. The Kier molecular flexibility index (Phi) is 4.84. The van der Waals surface area contributed by atoms with E-state index in [0.717, 1.165) is 0 Å². The molecule has 0 saturated heterocycles. The van der Waals surface area contributed by atoms with E-state index in [1.165, 1.54) is 4.90 Å². The summed E-state index contributed by atoms with van der Waals surface area (Å²) in [7, 11) is 1.60. The summed E-state index contributed by atoms with van der Waals surface area (Å²) < 4.78 is 0. The van der Waals surface area contributed by atoms with Crippen LogP contribution in [-0.4, -0.2) is 32.0 Å². The molecule has 3 N–H and O–H groups in total. The average Bonchev–Trinajstić information content (AvgIpc) is 2.43. The fourth-order valence-corrected chi connectivity index (χ4v) is 1.27. The van der Waals surface area contributed by atoms with E-state index >= 15 is 0 Å². The van der Waals surface area contributed by atoms with Gasteiger partial charge in [0.25, 0.3) is 0 Å². The number of rotatable bonds is 4. The summed E-state index contributed by atoms with van der Waals surface area (Å²) in [5.74, 6) is -0.641. The molecule has 1 aromatic rings. The summed E-state index contributed by atoms with van der Waals surface area (Å²) in [5.41, 5.74) is 6.29. The minimum absolute atomic E-state index is 0.105. The second-order valence-corrected chi connectivity index (χ2v) is 3.59. The Morgan fingerprint density at radius 2 is 2.00 bits per heavy atom.